The monoisotopic (exact) mass is 618 g/mol. The number of hydrogen-bond donors (Lipinski definition) is 3. The third-order valence-corrected chi connectivity index (χ3v) is 11.3. The highest BCUT2D eigenvalue weighted by molar-refractivity contribution is 7.93. The molecular formula is C30H40F2N6O4S. The number of likely N-dealkylation sites (N-methyl/N-ethyl adjacent to an activating group) is 1. The van der Waals surface area contributed by atoms with Crippen LogP contribution in [0.3, 0.4) is 0 Å². The van der Waals surface area contributed by atoms with Crippen LogP contribution in [0.2, 0.25) is 0 Å². The molecule has 10 nitrogen and oxygen atoms in total. The van der Waals surface area contributed by atoms with Gasteiger partial charge in [0.15, 0.2) is 5.82 Å². The molecule has 3 fully saturated rings. The van der Waals surface area contributed by atoms with Crippen LogP contribution in [0.15, 0.2) is 24.3 Å². The fourth-order valence-electron chi connectivity index (χ4n) is 6.41. The maximum Gasteiger partial charge on any atom is 0.258 e. The number of piperidine rings is 2. The van der Waals surface area contributed by atoms with E-state index in [1.165, 1.54) is 19.8 Å². The largest absolute Gasteiger partial charge is 0.395 e. The topological polar surface area (TPSA) is 118 Å². The van der Waals surface area contributed by atoms with Crippen molar-refractivity contribution >= 4 is 44.6 Å². The van der Waals surface area contributed by atoms with Gasteiger partial charge in [0.2, 0.25) is 10.0 Å². The van der Waals surface area contributed by atoms with Crippen molar-refractivity contribution in [2.45, 2.75) is 63.0 Å². The number of sulfonamides is 1. The number of carbonyl (C=O) groups is 1. The van der Waals surface area contributed by atoms with E-state index in [9.17, 15) is 27.1 Å². The van der Waals surface area contributed by atoms with Crippen molar-refractivity contribution in [3.63, 3.8) is 0 Å². The number of halogens is 2. The maximum absolute atomic E-state index is 13.9. The number of nitrogens with zero attached hydrogens (tertiary/aromatic N) is 4. The second kappa shape index (κ2) is 11.1. The predicted molar refractivity (Wildman–Crippen MR) is 164 cm³/mol. The molecule has 4 heterocycles. The molecule has 4 aliphatic rings. The van der Waals surface area contributed by atoms with Crippen LogP contribution in [-0.4, -0.2) is 82.0 Å². The highest BCUT2D eigenvalue weighted by Crippen LogP contribution is 2.54. The number of aromatic nitrogens is 1. The van der Waals surface area contributed by atoms with Crippen molar-refractivity contribution in [3.05, 3.63) is 35.4 Å². The van der Waals surface area contributed by atoms with Gasteiger partial charge in [-0.3, -0.25) is 9.52 Å². The third-order valence-electron chi connectivity index (χ3n) is 9.60. The Morgan fingerprint density at radius 1 is 1.02 bits per heavy atom. The number of alkyl halides is 2. The molecule has 3 aliphatic heterocycles. The molecular weight excluding hydrogens is 578 g/mol. The molecule has 1 aromatic heterocycles. The zero-order valence-electron chi connectivity index (χ0n) is 24.7. The molecule has 1 aromatic carbocycles. The second-order valence-corrected chi connectivity index (χ2v) is 14.8. The zero-order chi connectivity index (χ0) is 30.6. The molecule has 1 spiro atoms. The van der Waals surface area contributed by atoms with Crippen LogP contribution in [0, 0.1) is 5.41 Å². The summed E-state index contributed by atoms with van der Waals surface area (Å²) in [5, 5.41) is 11.4. The van der Waals surface area contributed by atoms with Gasteiger partial charge in [0.1, 0.15) is 11.1 Å². The number of rotatable bonds is 8. The number of benzene rings is 1. The minimum Gasteiger partial charge on any atom is -0.395 e. The number of carbonyl (C=O) groups excluding carboxylic acids is 1. The molecule has 0 radical (unpaired) electrons. The van der Waals surface area contributed by atoms with Crippen LogP contribution < -0.4 is 24.7 Å². The smallest absolute Gasteiger partial charge is 0.258 e. The number of aliphatic hydroxyl groups excluding tert-OH is 1. The molecule has 1 atom stereocenters. The average Bonchev–Trinajstić information content (AvgIpc) is 3.62. The third kappa shape index (κ3) is 6.11. The quantitative estimate of drug-likeness (QED) is 0.406. The van der Waals surface area contributed by atoms with Gasteiger partial charge in [-0.05, 0) is 74.3 Å². The molecule has 1 aliphatic carbocycles. The van der Waals surface area contributed by atoms with Crippen molar-refractivity contribution < 1.29 is 27.1 Å². The maximum atomic E-state index is 13.9. The van der Waals surface area contributed by atoms with E-state index in [0.717, 1.165) is 50.1 Å². The van der Waals surface area contributed by atoms with Crippen LogP contribution in [0.5, 0.6) is 0 Å². The van der Waals surface area contributed by atoms with E-state index < -0.39 is 27.8 Å². The van der Waals surface area contributed by atoms with Crippen LogP contribution in [0.25, 0.3) is 0 Å². The highest BCUT2D eigenvalue weighted by atomic mass is 32.2. The van der Waals surface area contributed by atoms with Gasteiger partial charge >= 0.3 is 0 Å². The number of pyridine rings is 1. The molecule has 0 bridgehead atoms. The van der Waals surface area contributed by atoms with Gasteiger partial charge in [-0.15, -0.1) is 0 Å². The predicted octanol–water partition coefficient (Wildman–Crippen LogP) is 4.06. The van der Waals surface area contributed by atoms with Crippen LogP contribution in [-0.2, 0) is 16.4 Å². The molecule has 13 heteroatoms. The Labute approximate surface area is 251 Å². The van der Waals surface area contributed by atoms with Crippen molar-refractivity contribution in [2.24, 2.45) is 5.41 Å². The van der Waals surface area contributed by atoms with E-state index in [1.54, 1.807) is 18.2 Å². The van der Waals surface area contributed by atoms with E-state index in [2.05, 4.69) is 19.8 Å². The van der Waals surface area contributed by atoms with Gasteiger partial charge in [-0.25, -0.2) is 22.2 Å². The normalized spacial score (nSPS) is 21.5. The number of amides is 1. The van der Waals surface area contributed by atoms with E-state index in [0.29, 0.717) is 34.0 Å². The van der Waals surface area contributed by atoms with Crippen LogP contribution in [0.4, 0.5) is 37.5 Å². The molecule has 2 saturated heterocycles. The SMILES string of the molecule is C[C@H](CO)S(=O)(=O)Nc1ccc(C(=O)Nc2cc3c(c(N4CCC(F)(F)CC4)n2)N(C)CC3)c(N2CCC3(CC2)CC3)c1. The van der Waals surface area contributed by atoms with E-state index in [4.69, 9.17) is 4.98 Å². The van der Waals surface area contributed by atoms with E-state index in [1.807, 2.05) is 18.0 Å². The second-order valence-electron chi connectivity index (χ2n) is 12.7. The van der Waals surface area contributed by atoms with Crippen molar-refractivity contribution in [2.75, 3.05) is 71.1 Å². The number of aliphatic hydroxyl groups is 1. The fraction of sp³-hybridized carbons (Fsp3) is 0.600. The lowest BCUT2D eigenvalue weighted by Gasteiger charge is -2.35. The first-order valence-electron chi connectivity index (χ1n) is 15.1. The number of fused-ring (bicyclic) bond motifs is 1. The van der Waals surface area contributed by atoms with Gasteiger partial charge in [-0.1, -0.05) is 0 Å². The molecule has 1 saturated carbocycles. The molecule has 0 unspecified atom stereocenters. The Morgan fingerprint density at radius 3 is 2.35 bits per heavy atom. The van der Waals surface area contributed by atoms with Crippen molar-refractivity contribution in [1.29, 1.82) is 0 Å². The Hall–Kier alpha value is -3.19. The summed E-state index contributed by atoms with van der Waals surface area (Å²) in [4.78, 5) is 24.7. The average molecular weight is 619 g/mol. The molecule has 3 N–H and O–H groups in total. The molecule has 1 amide bonds. The highest BCUT2D eigenvalue weighted by Gasteiger charge is 2.45. The first-order chi connectivity index (χ1) is 20.4. The first-order valence-corrected chi connectivity index (χ1v) is 16.6. The summed E-state index contributed by atoms with van der Waals surface area (Å²) in [5.74, 6) is -2.10. The van der Waals surface area contributed by atoms with Crippen molar-refractivity contribution in [3.8, 4) is 0 Å². The summed E-state index contributed by atoms with van der Waals surface area (Å²) in [6.45, 7) is 3.58. The summed E-state index contributed by atoms with van der Waals surface area (Å²) < 4.78 is 55.7. The number of nitrogens with one attached hydrogen (secondary N) is 2. The molecule has 43 heavy (non-hydrogen) atoms. The van der Waals surface area contributed by atoms with Gasteiger partial charge in [-0.2, -0.15) is 0 Å². The lowest BCUT2D eigenvalue weighted by molar-refractivity contribution is -0.0221. The minimum atomic E-state index is -3.82. The summed E-state index contributed by atoms with van der Waals surface area (Å²) in [6, 6.07) is 6.71. The Kier molecular flexibility index (Phi) is 7.68. The van der Waals surface area contributed by atoms with Crippen LogP contribution in [0.1, 0.15) is 61.4 Å². The first kappa shape index (κ1) is 29.9. The Morgan fingerprint density at radius 2 is 1.70 bits per heavy atom. The van der Waals surface area contributed by atoms with Gasteiger partial charge < -0.3 is 25.1 Å². The van der Waals surface area contributed by atoms with Gasteiger partial charge in [0.25, 0.3) is 11.8 Å². The van der Waals surface area contributed by atoms with Crippen LogP contribution >= 0.6 is 0 Å². The van der Waals surface area contributed by atoms with Gasteiger partial charge in [0, 0.05) is 52.6 Å². The fourth-order valence-corrected chi connectivity index (χ4v) is 7.26. The minimum absolute atomic E-state index is 0.185. The Bertz CT molecular complexity index is 1500. The summed E-state index contributed by atoms with van der Waals surface area (Å²) in [5.41, 5.74) is 3.67. The molecule has 234 valence electrons. The zero-order valence-corrected chi connectivity index (χ0v) is 25.5. The molecule has 2 aromatic rings. The van der Waals surface area contributed by atoms with E-state index >= 15 is 0 Å². The van der Waals surface area contributed by atoms with E-state index in [-0.39, 0.29) is 31.8 Å². The number of hydrogen-bond acceptors (Lipinski definition) is 8. The lowest BCUT2D eigenvalue weighted by Crippen LogP contribution is -2.40. The van der Waals surface area contributed by atoms with Crippen molar-refractivity contribution in [1.82, 2.24) is 4.98 Å². The Balaban J connectivity index is 1.29. The summed E-state index contributed by atoms with van der Waals surface area (Å²) in [7, 11) is -1.86. The summed E-state index contributed by atoms with van der Waals surface area (Å²) >= 11 is 0. The molecule has 6 rings (SSSR count). The summed E-state index contributed by atoms with van der Waals surface area (Å²) in [6.07, 6.45) is 4.77. The number of anilines is 5. The van der Waals surface area contributed by atoms with Gasteiger partial charge in [0.05, 0.1) is 29.2 Å². The standard InChI is InChI=1S/C30H40F2N6O4S/c1-20(19-39)43(41,42)35-22-3-4-23(24(18-22)37-13-8-29(6-7-29)9-14-37)28(40)34-25-17-21-5-12-36(2)26(21)27(33-25)38-15-10-30(31,32)11-16-38/h3-4,17-18,20,35,39H,5-16,19H2,1-2H3,(H,33,34,40)/t20-/m1/s1. The lowest BCUT2D eigenvalue weighted by atomic mass is 9.93.